The van der Waals surface area contributed by atoms with E-state index in [-0.39, 0.29) is 38.6 Å². The van der Waals surface area contributed by atoms with Crippen LogP contribution < -0.4 is 5.11 Å². The van der Waals surface area contributed by atoms with E-state index >= 15 is 0 Å². The first-order chi connectivity index (χ1) is 37.6. The van der Waals surface area contributed by atoms with Crippen molar-refractivity contribution in [3.8, 4) is 0 Å². The van der Waals surface area contributed by atoms with Crippen molar-refractivity contribution in [2.75, 3.05) is 47.5 Å². The molecule has 0 N–H and O–H groups in total. The molecule has 0 aromatic heterocycles. The maximum absolute atomic E-state index is 12.9. The molecule has 0 aliphatic heterocycles. The van der Waals surface area contributed by atoms with Gasteiger partial charge in [0.15, 0.2) is 12.4 Å². The highest BCUT2D eigenvalue weighted by Gasteiger charge is 2.22. The van der Waals surface area contributed by atoms with Gasteiger partial charge in [0.2, 0.25) is 0 Å². The van der Waals surface area contributed by atoms with E-state index < -0.39 is 24.3 Å². The lowest BCUT2D eigenvalue weighted by Gasteiger charge is -2.26. The molecule has 0 aromatic carbocycles. The zero-order valence-electron chi connectivity index (χ0n) is 49.5. The van der Waals surface area contributed by atoms with Crippen LogP contribution in [0.25, 0.3) is 0 Å². The Morgan fingerprint density at radius 1 is 0.403 bits per heavy atom. The van der Waals surface area contributed by atoms with Gasteiger partial charge in [-0.3, -0.25) is 9.59 Å². The molecule has 0 aliphatic rings. The molecule has 0 fully saturated rings. The van der Waals surface area contributed by atoms with Gasteiger partial charge in [0.1, 0.15) is 13.2 Å². The van der Waals surface area contributed by atoms with Gasteiger partial charge >= 0.3 is 11.9 Å². The fraction of sp³-hybridized carbons (Fsp3) is 0.632. The third kappa shape index (κ3) is 58.9. The van der Waals surface area contributed by atoms with Crippen LogP contribution >= 0.6 is 0 Å². The number of carboxylic acids is 1. The van der Waals surface area contributed by atoms with Gasteiger partial charge in [-0.05, 0) is 116 Å². The van der Waals surface area contributed by atoms with Crippen molar-refractivity contribution in [2.45, 2.75) is 232 Å². The molecule has 0 amide bonds. The maximum atomic E-state index is 12.9. The van der Waals surface area contributed by atoms with Crippen molar-refractivity contribution in [2.24, 2.45) is 0 Å². The van der Waals surface area contributed by atoms with Gasteiger partial charge in [-0.2, -0.15) is 0 Å². The number of carbonyl (C=O) groups excluding carboxylic acids is 3. The van der Waals surface area contributed by atoms with Gasteiger partial charge in [0.25, 0.3) is 0 Å². The molecule has 0 saturated heterocycles. The fourth-order valence-electron chi connectivity index (χ4n) is 7.73. The van der Waals surface area contributed by atoms with Crippen molar-refractivity contribution in [1.82, 2.24) is 0 Å². The number of carbonyl (C=O) groups is 3. The number of esters is 2. The summed E-state index contributed by atoms with van der Waals surface area (Å²) in [6.45, 7) is 4.56. The van der Waals surface area contributed by atoms with Crippen LogP contribution in [0, 0.1) is 0 Å². The Morgan fingerprint density at radius 3 is 1.10 bits per heavy atom. The second-order valence-electron chi connectivity index (χ2n) is 20.9. The molecular weight excluding hydrogens is 959 g/mol. The summed E-state index contributed by atoms with van der Waals surface area (Å²) in [4.78, 5) is 37.3. The van der Waals surface area contributed by atoms with Crippen molar-refractivity contribution in [1.29, 1.82) is 0 Å². The van der Waals surface area contributed by atoms with E-state index in [1.165, 1.54) is 51.4 Å². The van der Waals surface area contributed by atoms with Crippen LogP contribution in [-0.2, 0) is 33.3 Å². The highest BCUT2D eigenvalue weighted by molar-refractivity contribution is 5.70. The Hall–Kier alpha value is -4.57. The standard InChI is InChI=1S/C68H111NO8/c1-6-8-10-12-14-16-18-20-22-24-26-27-28-29-30-31-32-33-34-35-36-37-38-39-41-43-45-47-49-51-53-55-57-59-66(71)77-64(63-76-68(67(72)73)74-61-60-69(3,4)5)62-75-65(70)58-56-54-52-50-48-46-44-42-40-25-23-21-19-17-15-13-11-9-7-2/h8,10,14-17,20-23,26-27,29-30,32-33,35-36,38-40,42,64,68H,6-7,9,11-13,18-19,24-25,28,31,34,37,41,43-63H2,1-5H3/b10-8-,16-14-,17-15-,22-20-,23-21-,27-26-,30-29-,33-32-,36-35-,39-38-,42-40-. The third-order valence-corrected chi connectivity index (χ3v) is 12.4. The van der Waals surface area contributed by atoms with Gasteiger partial charge in [-0.1, -0.05) is 225 Å². The molecular formula is C68H111NO8. The highest BCUT2D eigenvalue weighted by Crippen LogP contribution is 2.14. The van der Waals surface area contributed by atoms with Gasteiger partial charge in [0.05, 0.1) is 40.3 Å². The SMILES string of the molecule is CC/C=C\C/C=C\C/C=C\C/C=C\C/C=C\C/C=C\C/C=C\C/C=C\CCCCCCCCCCC(=O)OC(COC(=O)CCCCCCCC/C=C\C/C=C\C/C=C\CCCCC)COC(OCC[N+](C)(C)C)C(=O)[O-]. The summed E-state index contributed by atoms with van der Waals surface area (Å²) < 4.78 is 22.7. The van der Waals surface area contributed by atoms with Gasteiger partial charge in [-0.25, -0.2) is 0 Å². The summed E-state index contributed by atoms with van der Waals surface area (Å²) in [5.41, 5.74) is 0. The van der Waals surface area contributed by atoms with Crippen LogP contribution in [0.15, 0.2) is 134 Å². The summed E-state index contributed by atoms with van der Waals surface area (Å²) in [6, 6.07) is 0. The number of aliphatic carboxylic acids is 1. The quantitative estimate of drug-likeness (QED) is 0.0195. The first kappa shape index (κ1) is 72.4. The lowest BCUT2D eigenvalue weighted by atomic mass is 10.1. The van der Waals surface area contributed by atoms with Crippen molar-refractivity contribution in [3.05, 3.63) is 134 Å². The van der Waals surface area contributed by atoms with Crippen molar-refractivity contribution >= 4 is 17.9 Å². The normalized spacial score (nSPS) is 13.7. The van der Waals surface area contributed by atoms with E-state index in [4.69, 9.17) is 18.9 Å². The number of likely N-dealkylation sites (N-methyl/N-ethyl adjacent to an activating group) is 1. The first-order valence-electron chi connectivity index (χ1n) is 30.3. The molecule has 0 rings (SSSR count). The second-order valence-corrected chi connectivity index (χ2v) is 20.9. The third-order valence-electron chi connectivity index (χ3n) is 12.4. The molecule has 2 unspecified atom stereocenters. The predicted molar refractivity (Wildman–Crippen MR) is 324 cm³/mol. The van der Waals surface area contributed by atoms with Crippen LogP contribution in [0.1, 0.15) is 219 Å². The fourth-order valence-corrected chi connectivity index (χ4v) is 7.73. The average molecular weight is 1070 g/mol. The van der Waals surface area contributed by atoms with E-state index in [1.54, 1.807) is 0 Å². The zero-order chi connectivity index (χ0) is 56.2. The number of carboxylic acid groups (broad SMARTS) is 1. The van der Waals surface area contributed by atoms with Crippen LogP contribution in [-0.4, -0.2) is 82.3 Å². The summed E-state index contributed by atoms with van der Waals surface area (Å²) in [5.74, 6) is -2.33. The predicted octanol–water partition coefficient (Wildman–Crippen LogP) is 16.9. The van der Waals surface area contributed by atoms with Gasteiger partial charge in [-0.15, -0.1) is 0 Å². The molecule has 0 aliphatic carbocycles. The Bertz CT molecular complexity index is 1720. The number of quaternary nitrogens is 1. The van der Waals surface area contributed by atoms with Crippen molar-refractivity contribution in [3.63, 3.8) is 0 Å². The van der Waals surface area contributed by atoms with Crippen LogP contribution in [0.5, 0.6) is 0 Å². The lowest BCUT2D eigenvalue weighted by Crippen LogP contribution is -2.44. The summed E-state index contributed by atoms with van der Waals surface area (Å²) in [6.07, 6.45) is 79.2. The maximum Gasteiger partial charge on any atom is 0.306 e. The molecule has 9 nitrogen and oxygen atoms in total. The van der Waals surface area contributed by atoms with Gasteiger partial charge in [0, 0.05) is 12.8 Å². The number of ether oxygens (including phenoxy) is 4. The largest absolute Gasteiger partial charge is 0.545 e. The summed E-state index contributed by atoms with van der Waals surface area (Å²) >= 11 is 0. The van der Waals surface area contributed by atoms with Crippen molar-refractivity contribution < 1.29 is 42.9 Å². The van der Waals surface area contributed by atoms with E-state index in [1.807, 2.05) is 21.1 Å². The number of nitrogens with zero attached hydrogens (tertiary/aromatic N) is 1. The molecule has 0 heterocycles. The monoisotopic (exact) mass is 1070 g/mol. The molecule has 77 heavy (non-hydrogen) atoms. The Labute approximate surface area is 471 Å². The Balaban J connectivity index is 4.28. The van der Waals surface area contributed by atoms with Gasteiger partial charge < -0.3 is 33.3 Å². The van der Waals surface area contributed by atoms with E-state index in [2.05, 4.69) is 148 Å². The number of allylic oxidation sites excluding steroid dienone is 22. The van der Waals surface area contributed by atoms with Crippen LogP contribution in [0.2, 0.25) is 0 Å². The average Bonchev–Trinajstić information content (AvgIpc) is 3.40. The molecule has 0 bridgehead atoms. The summed E-state index contributed by atoms with van der Waals surface area (Å²) in [5, 5.41) is 11.8. The molecule has 0 saturated carbocycles. The summed E-state index contributed by atoms with van der Waals surface area (Å²) in [7, 11) is 5.90. The molecule has 9 heteroatoms. The first-order valence-corrected chi connectivity index (χ1v) is 30.3. The molecule has 436 valence electrons. The molecule has 0 radical (unpaired) electrons. The zero-order valence-corrected chi connectivity index (χ0v) is 49.5. The topological polar surface area (TPSA) is 111 Å². The van der Waals surface area contributed by atoms with E-state index in [0.717, 1.165) is 135 Å². The Morgan fingerprint density at radius 2 is 0.740 bits per heavy atom. The molecule has 0 aromatic rings. The Kier molecular flexibility index (Phi) is 54.2. The smallest absolute Gasteiger partial charge is 0.306 e. The minimum Gasteiger partial charge on any atom is -0.545 e. The number of unbranched alkanes of at least 4 members (excludes halogenated alkanes) is 17. The second kappa shape index (κ2) is 57.6. The van der Waals surface area contributed by atoms with E-state index in [9.17, 15) is 19.5 Å². The number of hydrogen-bond acceptors (Lipinski definition) is 8. The van der Waals surface area contributed by atoms with Crippen LogP contribution in [0.3, 0.4) is 0 Å². The minimum atomic E-state index is -1.64. The molecule has 0 spiro atoms. The number of hydrogen-bond donors (Lipinski definition) is 0. The van der Waals surface area contributed by atoms with E-state index in [0.29, 0.717) is 17.4 Å². The number of rotatable bonds is 54. The highest BCUT2D eigenvalue weighted by atomic mass is 16.7. The molecule has 2 atom stereocenters. The lowest BCUT2D eigenvalue weighted by molar-refractivity contribution is -0.870. The van der Waals surface area contributed by atoms with Crippen LogP contribution in [0.4, 0.5) is 0 Å². The minimum absolute atomic E-state index is 0.136.